The van der Waals surface area contributed by atoms with Gasteiger partial charge in [-0.2, -0.15) is 0 Å². The minimum absolute atomic E-state index is 0.114. The summed E-state index contributed by atoms with van der Waals surface area (Å²) in [5.74, 6) is 5.29. The molecule has 0 saturated heterocycles. The van der Waals surface area contributed by atoms with Crippen LogP contribution >= 0.6 is 0 Å². The number of alkyl carbamates (subject to hydrolysis) is 1. The third kappa shape index (κ3) is 9.01. The van der Waals surface area contributed by atoms with Crippen LogP contribution in [-0.2, 0) is 9.53 Å². The number of amides is 2. The smallest absolute Gasteiger partial charge is 0.407 e. The van der Waals surface area contributed by atoms with Crippen molar-refractivity contribution in [3.63, 3.8) is 0 Å². The second-order valence-corrected chi connectivity index (χ2v) is 6.46. The number of hydrogen-bond acceptors (Lipinski definition) is 4. The van der Waals surface area contributed by atoms with Crippen LogP contribution < -0.4 is 16.4 Å². The number of carbonyl (C=O) groups excluding carboxylic acids is 2. The molecule has 6 nitrogen and oxygen atoms in total. The molecule has 0 aromatic carbocycles. The van der Waals surface area contributed by atoms with Gasteiger partial charge in [-0.15, -0.1) is 5.92 Å². The quantitative estimate of drug-likeness (QED) is 0.405. The van der Waals surface area contributed by atoms with Crippen molar-refractivity contribution in [1.82, 2.24) is 10.6 Å². The Kier molecular flexibility index (Phi) is 8.07. The summed E-state index contributed by atoms with van der Waals surface area (Å²) in [6.45, 7) is 5.89. The Balaban J connectivity index is 2.19. The summed E-state index contributed by atoms with van der Waals surface area (Å²) in [5.41, 5.74) is 5.24. The van der Waals surface area contributed by atoms with E-state index in [1.807, 2.05) is 45.1 Å². The molecule has 0 saturated carbocycles. The summed E-state index contributed by atoms with van der Waals surface area (Å²) in [4.78, 5) is 23.3. The zero-order chi connectivity index (χ0) is 18.0. The minimum atomic E-state index is -0.854. The van der Waals surface area contributed by atoms with Gasteiger partial charge < -0.3 is 21.1 Å². The van der Waals surface area contributed by atoms with Gasteiger partial charge in [-0.25, -0.2) is 4.79 Å². The van der Waals surface area contributed by atoms with E-state index in [2.05, 4.69) is 22.5 Å². The van der Waals surface area contributed by atoms with Crippen LogP contribution in [0.25, 0.3) is 0 Å². The van der Waals surface area contributed by atoms with Crippen molar-refractivity contribution in [3.05, 3.63) is 24.3 Å². The van der Waals surface area contributed by atoms with Crippen LogP contribution in [-0.4, -0.2) is 36.2 Å². The van der Waals surface area contributed by atoms with Crippen molar-refractivity contribution >= 4 is 12.0 Å². The van der Waals surface area contributed by atoms with E-state index in [1.54, 1.807) is 0 Å². The molecular weight excluding hydrogens is 306 g/mol. The van der Waals surface area contributed by atoms with Gasteiger partial charge in [0, 0.05) is 13.0 Å². The lowest BCUT2D eigenvalue weighted by molar-refractivity contribution is -0.121. The number of rotatable bonds is 5. The molecule has 0 heterocycles. The third-order valence-corrected chi connectivity index (χ3v) is 2.95. The van der Waals surface area contributed by atoms with Gasteiger partial charge in [-0.05, 0) is 33.6 Å². The predicted octanol–water partition coefficient (Wildman–Crippen LogP) is 1.62. The third-order valence-electron chi connectivity index (χ3n) is 2.95. The van der Waals surface area contributed by atoms with E-state index < -0.39 is 17.7 Å². The van der Waals surface area contributed by atoms with Crippen molar-refractivity contribution in [2.24, 2.45) is 5.73 Å². The lowest BCUT2D eigenvalue weighted by Crippen LogP contribution is -2.43. The fraction of sp³-hybridized carbons (Fsp3) is 0.556. The average Bonchev–Trinajstić information content (AvgIpc) is 2.49. The fourth-order valence-electron chi connectivity index (χ4n) is 1.87. The molecular formula is C18H27N3O3. The summed E-state index contributed by atoms with van der Waals surface area (Å²) in [5, 5.41) is 5.44. The van der Waals surface area contributed by atoms with Gasteiger partial charge >= 0.3 is 6.09 Å². The highest BCUT2D eigenvalue weighted by atomic mass is 16.6. The maximum Gasteiger partial charge on any atom is 0.407 e. The first kappa shape index (κ1) is 19.8. The van der Waals surface area contributed by atoms with Crippen molar-refractivity contribution in [2.75, 3.05) is 6.54 Å². The van der Waals surface area contributed by atoms with Gasteiger partial charge in [-0.3, -0.25) is 4.79 Å². The first-order chi connectivity index (χ1) is 11.3. The molecule has 0 aromatic heterocycles. The van der Waals surface area contributed by atoms with Crippen molar-refractivity contribution in [1.29, 1.82) is 0 Å². The topological polar surface area (TPSA) is 93.4 Å². The molecule has 1 unspecified atom stereocenters. The molecule has 6 heteroatoms. The number of carbonyl (C=O) groups is 2. The number of unbranched alkanes of at least 4 members (excludes halogenated alkanes) is 1. The maximum atomic E-state index is 11.9. The highest BCUT2D eigenvalue weighted by Crippen LogP contribution is 2.06. The molecule has 1 atom stereocenters. The molecule has 2 amide bonds. The van der Waals surface area contributed by atoms with Crippen LogP contribution in [0.1, 0.15) is 40.0 Å². The monoisotopic (exact) mass is 333 g/mol. The molecule has 0 radical (unpaired) electrons. The zero-order valence-corrected chi connectivity index (χ0v) is 14.6. The van der Waals surface area contributed by atoms with E-state index in [0.29, 0.717) is 19.4 Å². The molecule has 0 aliphatic heterocycles. The van der Waals surface area contributed by atoms with Crippen molar-refractivity contribution < 1.29 is 14.3 Å². The molecule has 1 aliphatic rings. The van der Waals surface area contributed by atoms with Crippen LogP contribution in [0.15, 0.2) is 24.3 Å². The number of ether oxygens (including phenoxy) is 1. The molecule has 132 valence electrons. The zero-order valence-electron chi connectivity index (χ0n) is 14.6. The van der Waals surface area contributed by atoms with Crippen LogP contribution in [0.3, 0.4) is 0 Å². The Hall–Kier alpha value is -2.26. The summed E-state index contributed by atoms with van der Waals surface area (Å²) >= 11 is 0. The number of hydrogen-bond donors (Lipinski definition) is 3. The van der Waals surface area contributed by atoms with Gasteiger partial charge in [0.05, 0.1) is 6.04 Å². The normalized spacial score (nSPS) is 15.2. The highest BCUT2D eigenvalue weighted by Gasteiger charge is 2.15. The molecule has 1 aliphatic carbocycles. The van der Waals surface area contributed by atoms with Gasteiger partial charge in [0.25, 0.3) is 0 Å². The van der Waals surface area contributed by atoms with Gasteiger partial charge in [0.1, 0.15) is 11.6 Å². The standard InChI is InChI=1S/C18H27N3O3/c1-18(2,3)24-17(23)20-13-9-5-8-12-15(19)16(22)21-14-10-6-4-7-11-14/h6-7,10-11,14-15H,4-5,9,13,19H2,1-3H3,(H,20,23)(H,21,22). The maximum absolute atomic E-state index is 11.9. The highest BCUT2D eigenvalue weighted by molar-refractivity contribution is 5.85. The predicted molar refractivity (Wildman–Crippen MR) is 94.0 cm³/mol. The molecule has 0 spiro atoms. The van der Waals surface area contributed by atoms with E-state index in [0.717, 1.165) is 6.42 Å². The summed E-state index contributed by atoms with van der Waals surface area (Å²) in [6.07, 6.45) is 9.45. The average molecular weight is 333 g/mol. The lowest BCUT2D eigenvalue weighted by atomic mass is 10.1. The summed E-state index contributed by atoms with van der Waals surface area (Å²) in [6, 6.07) is -0.968. The minimum Gasteiger partial charge on any atom is -0.444 e. The van der Waals surface area contributed by atoms with Crippen LogP contribution in [0.4, 0.5) is 4.79 Å². The van der Waals surface area contributed by atoms with Crippen LogP contribution in [0, 0.1) is 11.8 Å². The van der Waals surface area contributed by atoms with Crippen LogP contribution in [0.5, 0.6) is 0 Å². The largest absolute Gasteiger partial charge is 0.444 e. The second kappa shape index (κ2) is 9.78. The summed E-state index contributed by atoms with van der Waals surface area (Å²) < 4.78 is 5.12. The Labute approximate surface area is 143 Å². The van der Waals surface area contributed by atoms with Gasteiger partial charge in [0.15, 0.2) is 0 Å². The van der Waals surface area contributed by atoms with E-state index in [-0.39, 0.29) is 11.9 Å². The molecule has 0 aromatic rings. The first-order valence-electron chi connectivity index (χ1n) is 8.12. The number of allylic oxidation sites excluding steroid dienone is 2. The van der Waals surface area contributed by atoms with Crippen molar-refractivity contribution in [3.8, 4) is 11.8 Å². The Bertz CT molecular complexity index is 538. The van der Waals surface area contributed by atoms with Crippen LogP contribution in [0.2, 0.25) is 0 Å². The number of nitrogens with two attached hydrogens (primary N) is 1. The molecule has 4 N–H and O–H groups in total. The van der Waals surface area contributed by atoms with Gasteiger partial charge in [-0.1, -0.05) is 30.2 Å². The van der Waals surface area contributed by atoms with E-state index in [9.17, 15) is 9.59 Å². The Morgan fingerprint density at radius 1 is 1.33 bits per heavy atom. The first-order valence-corrected chi connectivity index (χ1v) is 8.12. The SMILES string of the molecule is CC(C)(C)OC(=O)NCCCC#CC(N)C(=O)NC1C=CCC=C1. The van der Waals surface area contributed by atoms with E-state index >= 15 is 0 Å². The fourth-order valence-corrected chi connectivity index (χ4v) is 1.87. The number of nitrogens with one attached hydrogen (secondary N) is 2. The summed E-state index contributed by atoms with van der Waals surface area (Å²) in [7, 11) is 0. The van der Waals surface area contributed by atoms with Crippen molar-refractivity contribution in [2.45, 2.75) is 57.7 Å². The second-order valence-electron chi connectivity index (χ2n) is 6.46. The Morgan fingerprint density at radius 2 is 2.00 bits per heavy atom. The molecule has 24 heavy (non-hydrogen) atoms. The molecule has 0 fully saturated rings. The van der Waals surface area contributed by atoms with Gasteiger partial charge in [0.2, 0.25) is 5.91 Å². The molecule has 0 bridgehead atoms. The lowest BCUT2D eigenvalue weighted by Gasteiger charge is -2.19. The van der Waals surface area contributed by atoms with E-state index in [1.165, 1.54) is 0 Å². The van der Waals surface area contributed by atoms with E-state index in [4.69, 9.17) is 10.5 Å². The molecule has 1 rings (SSSR count). The Morgan fingerprint density at radius 3 is 2.62 bits per heavy atom.